The lowest BCUT2D eigenvalue weighted by atomic mass is 10.2. The first kappa shape index (κ1) is 14.3. The Morgan fingerprint density at radius 1 is 1.23 bits per heavy atom. The highest BCUT2D eigenvalue weighted by Crippen LogP contribution is 2.25. The smallest absolute Gasteiger partial charge is 0.204 e. The van der Waals surface area contributed by atoms with Crippen LogP contribution in [0.1, 0.15) is 12.5 Å². The number of nitrogens with zero attached hydrogens (tertiary/aromatic N) is 2. The monoisotopic (exact) mass is 297 g/mol. The molecule has 5 nitrogen and oxygen atoms in total. The number of phenols is 1. The van der Waals surface area contributed by atoms with Crippen molar-refractivity contribution in [2.75, 3.05) is 12.4 Å². The van der Waals surface area contributed by atoms with Gasteiger partial charge in [-0.1, -0.05) is 12.1 Å². The van der Waals surface area contributed by atoms with Gasteiger partial charge < -0.3 is 19.7 Å². The van der Waals surface area contributed by atoms with Crippen LogP contribution in [-0.2, 0) is 13.1 Å². The molecule has 0 aliphatic rings. The van der Waals surface area contributed by atoms with Gasteiger partial charge in [0.1, 0.15) is 11.5 Å². The first-order chi connectivity index (χ1) is 10.7. The van der Waals surface area contributed by atoms with Gasteiger partial charge in [-0.25, -0.2) is 4.98 Å². The van der Waals surface area contributed by atoms with Crippen LogP contribution in [0.25, 0.3) is 11.0 Å². The average Bonchev–Trinajstić information content (AvgIpc) is 2.91. The summed E-state index contributed by atoms with van der Waals surface area (Å²) in [5, 5.41) is 13.3. The summed E-state index contributed by atoms with van der Waals surface area (Å²) in [4.78, 5) is 4.61. The summed E-state index contributed by atoms with van der Waals surface area (Å²) in [6.07, 6.45) is 0. The molecule has 114 valence electrons. The molecule has 0 fully saturated rings. The minimum atomic E-state index is 0.214. The Labute approximate surface area is 129 Å². The van der Waals surface area contributed by atoms with Gasteiger partial charge in [0.05, 0.1) is 18.1 Å². The number of aryl methyl sites for hydroxylation is 1. The van der Waals surface area contributed by atoms with Crippen LogP contribution in [0.15, 0.2) is 42.5 Å². The van der Waals surface area contributed by atoms with E-state index in [4.69, 9.17) is 4.74 Å². The van der Waals surface area contributed by atoms with Crippen LogP contribution in [0.3, 0.4) is 0 Å². The summed E-state index contributed by atoms with van der Waals surface area (Å²) in [6.45, 7) is 3.42. The molecule has 0 aliphatic heterocycles. The van der Waals surface area contributed by atoms with E-state index < -0.39 is 0 Å². The van der Waals surface area contributed by atoms with E-state index in [2.05, 4.69) is 27.9 Å². The Morgan fingerprint density at radius 3 is 2.77 bits per heavy atom. The number of benzene rings is 2. The second kappa shape index (κ2) is 5.97. The lowest BCUT2D eigenvalue weighted by Crippen LogP contribution is -2.07. The summed E-state index contributed by atoms with van der Waals surface area (Å²) in [5.41, 5.74) is 2.87. The largest absolute Gasteiger partial charge is 0.507 e. The molecule has 0 spiro atoms. The fourth-order valence-electron chi connectivity index (χ4n) is 2.52. The number of imidazole rings is 1. The molecule has 0 radical (unpaired) electrons. The van der Waals surface area contributed by atoms with Gasteiger partial charge >= 0.3 is 0 Å². The number of hydrogen-bond donors (Lipinski definition) is 2. The number of fused-ring (bicyclic) bond motifs is 1. The summed E-state index contributed by atoms with van der Waals surface area (Å²) >= 11 is 0. The summed E-state index contributed by atoms with van der Waals surface area (Å²) in [7, 11) is 1.58. The number of methoxy groups -OCH3 is 1. The lowest BCUT2D eigenvalue weighted by Gasteiger charge is -2.10. The van der Waals surface area contributed by atoms with Gasteiger partial charge in [0, 0.05) is 24.7 Å². The van der Waals surface area contributed by atoms with E-state index in [0.717, 1.165) is 29.1 Å². The number of aromatic nitrogens is 2. The molecule has 0 amide bonds. The van der Waals surface area contributed by atoms with E-state index in [1.165, 1.54) is 0 Å². The van der Waals surface area contributed by atoms with Gasteiger partial charge in [-0.3, -0.25) is 0 Å². The lowest BCUT2D eigenvalue weighted by molar-refractivity contribution is 0.406. The Morgan fingerprint density at radius 2 is 2.05 bits per heavy atom. The molecule has 0 saturated carbocycles. The maximum absolute atomic E-state index is 10.0. The molecular weight excluding hydrogens is 278 g/mol. The highest BCUT2D eigenvalue weighted by Gasteiger charge is 2.09. The highest BCUT2D eigenvalue weighted by atomic mass is 16.5. The van der Waals surface area contributed by atoms with Crippen molar-refractivity contribution < 1.29 is 9.84 Å². The van der Waals surface area contributed by atoms with E-state index in [1.54, 1.807) is 13.2 Å². The van der Waals surface area contributed by atoms with Crippen LogP contribution < -0.4 is 10.1 Å². The third kappa shape index (κ3) is 2.57. The topological polar surface area (TPSA) is 59.3 Å². The molecule has 2 aromatic carbocycles. The number of nitrogens with one attached hydrogen (secondary N) is 1. The van der Waals surface area contributed by atoms with Gasteiger partial charge in [0.25, 0.3) is 0 Å². The molecule has 0 aliphatic carbocycles. The number of anilines is 1. The van der Waals surface area contributed by atoms with Crippen molar-refractivity contribution in [2.45, 2.75) is 20.0 Å². The number of rotatable bonds is 5. The number of phenolic OH excluding ortho intramolecular Hbond substituents is 1. The van der Waals surface area contributed by atoms with Gasteiger partial charge in [0.2, 0.25) is 5.95 Å². The zero-order valence-electron chi connectivity index (χ0n) is 12.7. The minimum absolute atomic E-state index is 0.214. The second-order valence-corrected chi connectivity index (χ2v) is 5.02. The predicted octanol–water partition coefficient (Wildman–Crippen LogP) is 3.38. The summed E-state index contributed by atoms with van der Waals surface area (Å²) in [6, 6.07) is 13.3. The molecule has 1 heterocycles. The summed E-state index contributed by atoms with van der Waals surface area (Å²) < 4.78 is 7.21. The Hall–Kier alpha value is -2.69. The molecule has 22 heavy (non-hydrogen) atoms. The molecular formula is C17H19N3O2. The second-order valence-electron chi connectivity index (χ2n) is 5.02. The first-order valence-corrected chi connectivity index (χ1v) is 7.28. The van der Waals surface area contributed by atoms with Crippen molar-refractivity contribution >= 4 is 17.0 Å². The van der Waals surface area contributed by atoms with Gasteiger partial charge in [-0.2, -0.15) is 0 Å². The average molecular weight is 297 g/mol. The Bertz CT molecular complexity index is 796. The third-order valence-electron chi connectivity index (χ3n) is 3.70. The molecule has 2 N–H and O–H groups in total. The first-order valence-electron chi connectivity index (χ1n) is 7.28. The zero-order valence-corrected chi connectivity index (χ0v) is 12.7. The SMILES string of the molecule is CCn1c(NCc2ccc(OC)cc2O)nc2ccccc21. The Kier molecular flexibility index (Phi) is 3.87. The highest BCUT2D eigenvalue weighted by molar-refractivity contribution is 5.78. The van der Waals surface area contributed by atoms with E-state index in [1.807, 2.05) is 30.3 Å². The number of para-hydroxylation sites is 2. The molecule has 5 heteroatoms. The van der Waals surface area contributed by atoms with Crippen molar-refractivity contribution in [3.8, 4) is 11.5 Å². The maximum atomic E-state index is 10.0. The number of ether oxygens (including phenoxy) is 1. The molecule has 0 unspecified atom stereocenters. The Balaban J connectivity index is 1.85. The fourth-order valence-corrected chi connectivity index (χ4v) is 2.52. The fraction of sp³-hybridized carbons (Fsp3) is 0.235. The van der Waals surface area contributed by atoms with E-state index in [9.17, 15) is 5.11 Å². The van der Waals surface area contributed by atoms with Crippen molar-refractivity contribution in [2.24, 2.45) is 0 Å². The predicted molar refractivity (Wildman–Crippen MR) is 87.4 cm³/mol. The van der Waals surface area contributed by atoms with Crippen molar-refractivity contribution in [3.63, 3.8) is 0 Å². The van der Waals surface area contributed by atoms with Crippen LogP contribution in [-0.4, -0.2) is 21.8 Å². The third-order valence-corrected chi connectivity index (χ3v) is 3.70. The van der Waals surface area contributed by atoms with Gasteiger partial charge in [0.15, 0.2) is 0 Å². The van der Waals surface area contributed by atoms with E-state index in [-0.39, 0.29) is 5.75 Å². The van der Waals surface area contributed by atoms with Crippen LogP contribution in [0.5, 0.6) is 11.5 Å². The van der Waals surface area contributed by atoms with Crippen LogP contribution in [0.2, 0.25) is 0 Å². The standard InChI is InChI=1S/C17H19N3O2/c1-3-20-15-7-5-4-6-14(15)19-17(20)18-11-12-8-9-13(22-2)10-16(12)21/h4-10,21H,3,11H2,1-2H3,(H,18,19). The molecule has 0 saturated heterocycles. The number of aromatic hydroxyl groups is 1. The molecule has 3 rings (SSSR count). The number of hydrogen-bond acceptors (Lipinski definition) is 4. The van der Waals surface area contributed by atoms with Crippen molar-refractivity contribution in [3.05, 3.63) is 48.0 Å². The minimum Gasteiger partial charge on any atom is -0.507 e. The molecule has 1 aromatic heterocycles. The molecule has 3 aromatic rings. The van der Waals surface area contributed by atoms with E-state index in [0.29, 0.717) is 12.3 Å². The normalized spacial score (nSPS) is 10.8. The van der Waals surface area contributed by atoms with Gasteiger partial charge in [-0.05, 0) is 31.2 Å². The van der Waals surface area contributed by atoms with Gasteiger partial charge in [-0.15, -0.1) is 0 Å². The van der Waals surface area contributed by atoms with Crippen molar-refractivity contribution in [1.29, 1.82) is 0 Å². The molecule has 0 atom stereocenters. The van der Waals surface area contributed by atoms with Crippen LogP contribution >= 0.6 is 0 Å². The quantitative estimate of drug-likeness (QED) is 0.758. The molecule has 0 bridgehead atoms. The van der Waals surface area contributed by atoms with Crippen LogP contribution in [0.4, 0.5) is 5.95 Å². The maximum Gasteiger partial charge on any atom is 0.204 e. The van der Waals surface area contributed by atoms with E-state index >= 15 is 0 Å². The van der Waals surface area contributed by atoms with Crippen LogP contribution in [0, 0.1) is 0 Å². The zero-order chi connectivity index (χ0) is 15.5. The summed E-state index contributed by atoms with van der Waals surface area (Å²) in [5.74, 6) is 1.66. The van der Waals surface area contributed by atoms with Crippen molar-refractivity contribution in [1.82, 2.24) is 9.55 Å².